The molecule has 3 heteroatoms. The average molecular weight is 384 g/mol. The first kappa shape index (κ1) is 17.2. The van der Waals surface area contributed by atoms with Gasteiger partial charge in [0.2, 0.25) is 0 Å². The molecule has 2 aromatic carbocycles. The number of nitrogens with zero attached hydrogens (tertiary/aromatic N) is 1. The summed E-state index contributed by atoms with van der Waals surface area (Å²) < 4.78 is 1.53. The first-order valence-electron chi connectivity index (χ1n) is 8.50. The molecule has 0 spiro atoms. The van der Waals surface area contributed by atoms with Gasteiger partial charge in [-0.3, -0.25) is 0 Å². The number of rotatable bonds is 7. The Kier molecular flexibility index (Phi) is 6.42. The fraction of sp³-hybridized carbons (Fsp3) is 0.286. The molecular formula is C21H23NOSe. The van der Waals surface area contributed by atoms with Crippen molar-refractivity contribution >= 4 is 24.1 Å². The van der Waals surface area contributed by atoms with Crippen LogP contribution in [0.2, 0.25) is 0 Å². The molecule has 0 fully saturated rings. The van der Waals surface area contributed by atoms with E-state index >= 15 is 0 Å². The van der Waals surface area contributed by atoms with Gasteiger partial charge in [-0.2, -0.15) is 0 Å². The van der Waals surface area contributed by atoms with E-state index in [0.29, 0.717) is 17.3 Å². The van der Waals surface area contributed by atoms with E-state index in [1.165, 1.54) is 10.0 Å². The molecule has 0 radical (unpaired) electrons. The monoisotopic (exact) mass is 385 g/mol. The Hall–Kier alpha value is -1.67. The van der Waals surface area contributed by atoms with Crippen LogP contribution in [0.3, 0.4) is 0 Å². The summed E-state index contributed by atoms with van der Waals surface area (Å²) in [5.41, 5.74) is 1.28. The van der Waals surface area contributed by atoms with Gasteiger partial charge in [0.1, 0.15) is 0 Å². The van der Waals surface area contributed by atoms with Crippen molar-refractivity contribution in [2.24, 2.45) is 0 Å². The molecule has 2 aromatic rings. The molecule has 0 aliphatic heterocycles. The van der Waals surface area contributed by atoms with Crippen LogP contribution in [0.5, 0.6) is 0 Å². The summed E-state index contributed by atoms with van der Waals surface area (Å²) in [7, 11) is 0. The van der Waals surface area contributed by atoms with Crippen molar-refractivity contribution < 1.29 is 4.79 Å². The number of allylic oxidation sites excluding steroid dienone is 1. The number of hydrogen-bond acceptors (Lipinski definition) is 2. The molecule has 0 aromatic heterocycles. The molecule has 124 valence electrons. The fourth-order valence-electron chi connectivity index (χ4n) is 3.06. The van der Waals surface area contributed by atoms with Gasteiger partial charge in [-0.1, -0.05) is 0 Å². The summed E-state index contributed by atoms with van der Waals surface area (Å²) in [4.78, 5) is 15.0. The molecule has 24 heavy (non-hydrogen) atoms. The van der Waals surface area contributed by atoms with E-state index < -0.39 is 0 Å². The first-order chi connectivity index (χ1) is 11.8. The van der Waals surface area contributed by atoms with E-state index in [4.69, 9.17) is 0 Å². The minimum absolute atomic E-state index is 0.0965. The van der Waals surface area contributed by atoms with Crippen LogP contribution in [0, 0.1) is 0 Å². The zero-order chi connectivity index (χ0) is 16.6. The molecular weight excluding hydrogens is 361 g/mol. The van der Waals surface area contributed by atoms with Crippen molar-refractivity contribution in [2.75, 3.05) is 6.54 Å². The number of carbonyl (C=O) groups excluding carboxylic acids is 1. The third-order valence-electron chi connectivity index (χ3n) is 4.29. The summed E-state index contributed by atoms with van der Waals surface area (Å²) in [6, 6.07) is 21.1. The van der Waals surface area contributed by atoms with Gasteiger partial charge >= 0.3 is 151 Å². The zero-order valence-corrected chi connectivity index (χ0v) is 15.5. The maximum absolute atomic E-state index is 12.6. The molecule has 0 saturated heterocycles. The van der Waals surface area contributed by atoms with E-state index in [1.807, 2.05) is 24.3 Å². The van der Waals surface area contributed by atoms with Gasteiger partial charge in [-0.05, 0) is 0 Å². The van der Waals surface area contributed by atoms with Gasteiger partial charge in [0.15, 0.2) is 0 Å². The third-order valence-corrected chi connectivity index (χ3v) is 6.11. The summed E-state index contributed by atoms with van der Waals surface area (Å²) in [6.45, 7) is 1.41. The van der Waals surface area contributed by atoms with Crippen LogP contribution in [0.25, 0.3) is 0 Å². The van der Waals surface area contributed by atoms with Gasteiger partial charge < -0.3 is 0 Å². The van der Waals surface area contributed by atoms with E-state index in [0.717, 1.165) is 25.8 Å². The molecule has 0 amide bonds. The molecule has 0 saturated carbocycles. The first-order valence-corrected chi connectivity index (χ1v) is 10.2. The van der Waals surface area contributed by atoms with Gasteiger partial charge in [-0.25, -0.2) is 0 Å². The van der Waals surface area contributed by atoms with Gasteiger partial charge in [-0.15, -0.1) is 0 Å². The van der Waals surface area contributed by atoms with Crippen LogP contribution in [0.1, 0.15) is 24.8 Å². The van der Waals surface area contributed by atoms with Crippen molar-refractivity contribution in [3.8, 4) is 0 Å². The molecule has 2 nitrogen and oxygen atoms in total. The second kappa shape index (κ2) is 8.98. The topological polar surface area (TPSA) is 20.3 Å². The molecule has 0 heterocycles. The zero-order valence-electron chi connectivity index (χ0n) is 13.8. The van der Waals surface area contributed by atoms with Crippen LogP contribution in [-0.2, 0) is 11.3 Å². The predicted molar refractivity (Wildman–Crippen MR) is 100 cm³/mol. The Bertz CT molecular complexity index is 669. The van der Waals surface area contributed by atoms with Gasteiger partial charge in [0.05, 0.1) is 0 Å². The van der Waals surface area contributed by atoms with Crippen LogP contribution >= 0.6 is 0 Å². The summed E-state index contributed by atoms with van der Waals surface area (Å²) in [5.74, 6) is 0. The van der Waals surface area contributed by atoms with E-state index in [-0.39, 0.29) is 15.0 Å². The Balaban J connectivity index is 1.67. The normalized spacial score (nSPS) is 17.1. The van der Waals surface area contributed by atoms with E-state index in [9.17, 15) is 4.79 Å². The molecule has 0 bridgehead atoms. The second-order valence-corrected chi connectivity index (χ2v) is 8.49. The molecule has 0 N–H and O–H groups in total. The number of carbonyl (C=O) groups is 1. The summed E-state index contributed by atoms with van der Waals surface area (Å²) in [6.07, 6.45) is 7.84. The molecule has 1 aliphatic carbocycles. The molecule has 1 aliphatic rings. The average Bonchev–Trinajstić information content (AvgIpc) is 2.63. The standard InChI is InChI=1S/C21H23NOSe/c23-21(24-20-14-8-3-9-15-20)17-22(19-12-6-2-7-13-19)16-18-10-4-1-5-11-18/h1-6,8-11,14-15,19H,7,12-13,16-17H2. The Morgan fingerprint density at radius 2 is 1.71 bits per heavy atom. The second-order valence-electron chi connectivity index (χ2n) is 6.12. The van der Waals surface area contributed by atoms with Crippen molar-refractivity contribution in [3.05, 3.63) is 78.4 Å². The SMILES string of the molecule is O=C(CN(Cc1ccccc1)C1CC=CCC1)[Se]c1ccccc1. The Morgan fingerprint density at radius 3 is 2.38 bits per heavy atom. The van der Waals surface area contributed by atoms with Crippen LogP contribution in [0.4, 0.5) is 0 Å². The molecule has 3 rings (SSSR count). The van der Waals surface area contributed by atoms with Crippen molar-refractivity contribution in [1.82, 2.24) is 4.90 Å². The number of benzene rings is 2. The van der Waals surface area contributed by atoms with Gasteiger partial charge in [0.25, 0.3) is 0 Å². The van der Waals surface area contributed by atoms with Crippen molar-refractivity contribution in [3.63, 3.8) is 0 Å². The van der Waals surface area contributed by atoms with Crippen LogP contribution < -0.4 is 4.46 Å². The van der Waals surface area contributed by atoms with Crippen molar-refractivity contribution in [2.45, 2.75) is 31.8 Å². The summed E-state index contributed by atoms with van der Waals surface area (Å²) >= 11 is -0.0965. The van der Waals surface area contributed by atoms with Gasteiger partial charge in [0, 0.05) is 0 Å². The Morgan fingerprint density at radius 1 is 1.00 bits per heavy atom. The van der Waals surface area contributed by atoms with E-state index in [2.05, 4.69) is 53.5 Å². The third kappa shape index (κ3) is 5.17. The molecule has 1 unspecified atom stereocenters. The maximum atomic E-state index is 12.6. The van der Waals surface area contributed by atoms with Crippen LogP contribution in [-0.4, -0.2) is 37.1 Å². The molecule has 1 atom stereocenters. The number of hydrogen-bond donors (Lipinski definition) is 0. The quantitative estimate of drug-likeness (QED) is 0.540. The minimum atomic E-state index is -0.0965. The Labute approximate surface area is 150 Å². The summed E-state index contributed by atoms with van der Waals surface area (Å²) in [5, 5.41) is 0. The van der Waals surface area contributed by atoms with Crippen LogP contribution in [0.15, 0.2) is 72.8 Å². The fourth-order valence-corrected chi connectivity index (χ4v) is 4.71. The van der Waals surface area contributed by atoms with Crippen molar-refractivity contribution in [1.29, 1.82) is 0 Å². The predicted octanol–water partition coefficient (Wildman–Crippen LogP) is 3.15. The van der Waals surface area contributed by atoms with E-state index in [1.54, 1.807) is 0 Å².